The minimum atomic E-state index is -0.203. The third kappa shape index (κ3) is 15.3. The molecule has 0 fully saturated rings. The van der Waals surface area contributed by atoms with Crippen LogP contribution in [0.3, 0.4) is 0 Å². The Morgan fingerprint density at radius 1 is 0.759 bits per heavy atom. The van der Waals surface area contributed by atoms with Gasteiger partial charge >= 0.3 is 6.03 Å². The Bertz CT molecular complexity index is 504. The molecular weight excluding hydrogens is 380 g/mol. The molecule has 1 aromatic carbocycles. The molecule has 0 saturated carbocycles. The van der Waals surface area contributed by atoms with Gasteiger partial charge in [-0.2, -0.15) is 0 Å². The second-order valence-corrected chi connectivity index (χ2v) is 8.49. The second-order valence-electron chi connectivity index (χ2n) is 8.11. The lowest BCUT2D eigenvalue weighted by Crippen LogP contribution is -2.30. The number of hydrogen-bond acceptors (Lipinski definition) is 1. The molecule has 0 aliphatic carbocycles. The predicted octanol–water partition coefficient (Wildman–Crippen LogP) is 8.07. The lowest BCUT2D eigenvalue weighted by atomic mass is 10.0. The lowest BCUT2D eigenvalue weighted by Gasteiger charge is -2.07. The maximum Gasteiger partial charge on any atom is 0.319 e. The molecule has 0 radical (unpaired) electrons. The third-order valence-corrected chi connectivity index (χ3v) is 5.60. The van der Waals surface area contributed by atoms with Crippen LogP contribution in [0.2, 0.25) is 0 Å². The van der Waals surface area contributed by atoms with E-state index in [1.807, 2.05) is 12.1 Å². The van der Waals surface area contributed by atoms with Crippen LogP contribution in [0, 0.1) is 0 Å². The molecule has 0 atom stereocenters. The number of halogens is 1. The van der Waals surface area contributed by atoms with Crippen LogP contribution < -0.4 is 10.6 Å². The van der Waals surface area contributed by atoms with Gasteiger partial charge in [0.25, 0.3) is 0 Å². The minimum absolute atomic E-state index is 0.203. The summed E-state index contributed by atoms with van der Waals surface area (Å²) in [5.74, 6) is 0.422. The summed E-state index contributed by atoms with van der Waals surface area (Å²) in [7, 11) is 0. The van der Waals surface area contributed by atoms with E-state index in [1.165, 1.54) is 95.5 Å². The largest absolute Gasteiger partial charge is 0.337 e. The Labute approximate surface area is 184 Å². The highest BCUT2D eigenvalue weighted by molar-refractivity contribution is 6.18. The first-order valence-electron chi connectivity index (χ1n) is 12.0. The van der Waals surface area contributed by atoms with Gasteiger partial charge in [-0.3, -0.25) is 0 Å². The van der Waals surface area contributed by atoms with E-state index >= 15 is 0 Å². The highest BCUT2D eigenvalue weighted by atomic mass is 35.5. The molecule has 1 rings (SSSR count). The number of anilines is 1. The first-order valence-corrected chi connectivity index (χ1v) is 12.5. The van der Waals surface area contributed by atoms with E-state index in [9.17, 15) is 4.79 Å². The van der Waals surface area contributed by atoms with Crippen molar-refractivity contribution in [3.63, 3.8) is 0 Å². The fourth-order valence-electron chi connectivity index (χ4n) is 3.61. The average molecular weight is 423 g/mol. The lowest BCUT2D eigenvalue weighted by molar-refractivity contribution is 0.252. The van der Waals surface area contributed by atoms with E-state index in [0.29, 0.717) is 12.4 Å². The molecule has 0 aromatic heterocycles. The van der Waals surface area contributed by atoms with Crippen molar-refractivity contribution < 1.29 is 4.79 Å². The highest BCUT2D eigenvalue weighted by Crippen LogP contribution is 2.15. The monoisotopic (exact) mass is 422 g/mol. The number of unbranched alkanes of at least 4 members (excludes halogenated alkanes) is 13. The molecule has 166 valence electrons. The Kier molecular flexibility index (Phi) is 16.7. The molecule has 3 nitrogen and oxygen atoms in total. The standard InChI is InChI=1S/C25H43ClN2O/c1-2-3-4-5-6-7-8-9-10-11-12-13-14-15-16-23-17-19-24(20-18-23)28-25(29)27-22-21-26/h17-20H,2-16,21-22H2,1H3,(H2,27,28,29). The van der Waals surface area contributed by atoms with E-state index < -0.39 is 0 Å². The first kappa shape index (κ1) is 25.8. The SMILES string of the molecule is CCCCCCCCCCCCCCCCc1ccc(NC(=O)NCCCl)cc1. The molecule has 1 aromatic rings. The number of alkyl halides is 1. The number of rotatable bonds is 18. The third-order valence-electron chi connectivity index (χ3n) is 5.41. The van der Waals surface area contributed by atoms with Gasteiger partial charge in [-0.25, -0.2) is 4.79 Å². The Hall–Kier alpha value is -1.22. The minimum Gasteiger partial charge on any atom is -0.337 e. The summed E-state index contributed by atoms with van der Waals surface area (Å²) in [6.07, 6.45) is 20.6. The number of urea groups is 1. The Balaban J connectivity index is 1.93. The maximum atomic E-state index is 11.6. The zero-order valence-electron chi connectivity index (χ0n) is 18.6. The molecular formula is C25H43ClN2O. The van der Waals surface area contributed by atoms with Gasteiger partial charge in [-0.05, 0) is 30.5 Å². The number of amides is 2. The smallest absolute Gasteiger partial charge is 0.319 e. The van der Waals surface area contributed by atoms with Crippen LogP contribution in [0.5, 0.6) is 0 Å². The van der Waals surface area contributed by atoms with Crippen LogP contribution in [0.25, 0.3) is 0 Å². The van der Waals surface area contributed by atoms with Crippen molar-refractivity contribution in [3.05, 3.63) is 29.8 Å². The normalized spacial score (nSPS) is 10.8. The molecule has 0 aliphatic heterocycles. The number of hydrogen-bond donors (Lipinski definition) is 2. The summed E-state index contributed by atoms with van der Waals surface area (Å²) in [6, 6.07) is 7.96. The summed E-state index contributed by atoms with van der Waals surface area (Å²) in [5.41, 5.74) is 2.16. The van der Waals surface area contributed by atoms with E-state index in [-0.39, 0.29) is 6.03 Å². The quantitative estimate of drug-likeness (QED) is 0.182. The van der Waals surface area contributed by atoms with Crippen molar-refractivity contribution in [1.29, 1.82) is 0 Å². The molecule has 0 bridgehead atoms. The highest BCUT2D eigenvalue weighted by Gasteiger charge is 2.01. The number of aryl methyl sites for hydroxylation is 1. The summed E-state index contributed by atoms with van der Waals surface area (Å²) in [6.45, 7) is 2.76. The van der Waals surface area contributed by atoms with E-state index in [2.05, 4.69) is 29.7 Å². The summed E-state index contributed by atoms with van der Waals surface area (Å²) >= 11 is 5.56. The first-order chi connectivity index (χ1) is 14.3. The fourth-order valence-corrected chi connectivity index (χ4v) is 3.71. The number of nitrogens with one attached hydrogen (secondary N) is 2. The van der Waals surface area contributed by atoms with Crippen LogP contribution in [-0.2, 0) is 6.42 Å². The molecule has 2 N–H and O–H groups in total. The van der Waals surface area contributed by atoms with E-state index in [4.69, 9.17) is 11.6 Å². The maximum absolute atomic E-state index is 11.6. The zero-order valence-corrected chi connectivity index (χ0v) is 19.4. The van der Waals surface area contributed by atoms with Crippen molar-refractivity contribution in [3.8, 4) is 0 Å². The summed E-state index contributed by atoms with van der Waals surface area (Å²) < 4.78 is 0. The second kappa shape index (κ2) is 18.8. The predicted molar refractivity (Wildman–Crippen MR) is 128 cm³/mol. The van der Waals surface area contributed by atoms with E-state index in [0.717, 1.165) is 12.1 Å². The summed E-state index contributed by atoms with van der Waals surface area (Å²) in [4.78, 5) is 11.6. The molecule has 2 amide bonds. The van der Waals surface area contributed by atoms with Gasteiger partial charge in [-0.15, -0.1) is 11.6 Å². The molecule has 0 aliphatic rings. The van der Waals surface area contributed by atoms with Gasteiger partial charge in [0.2, 0.25) is 0 Å². The molecule has 4 heteroatoms. The number of benzene rings is 1. The van der Waals surface area contributed by atoms with Crippen molar-refractivity contribution in [1.82, 2.24) is 5.32 Å². The van der Waals surface area contributed by atoms with Gasteiger partial charge in [0.15, 0.2) is 0 Å². The molecule has 0 spiro atoms. The van der Waals surface area contributed by atoms with Gasteiger partial charge in [0.05, 0.1) is 0 Å². The average Bonchev–Trinajstić information content (AvgIpc) is 2.73. The van der Waals surface area contributed by atoms with Gasteiger partial charge in [0.1, 0.15) is 0 Å². The van der Waals surface area contributed by atoms with Crippen molar-refractivity contribution in [2.45, 2.75) is 103 Å². The molecule has 0 unspecified atom stereocenters. The Morgan fingerprint density at radius 2 is 1.24 bits per heavy atom. The zero-order chi connectivity index (χ0) is 21.0. The van der Waals surface area contributed by atoms with Crippen LogP contribution in [-0.4, -0.2) is 18.5 Å². The molecule has 0 heterocycles. The van der Waals surface area contributed by atoms with Gasteiger partial charge in [0, 0.05) is 18.1 Å². The van der Waals surface area contributed by atoms with Crippen LogP contribution in [0.15, 0.2) is 24.3 Å². The Morgan fingerprint density at radius 3 is 1.72 bits per heavy atom. The fraction of sp³-hybridized carbons (Fsp3) is 0.720. The van der Waals surface area contributed by atoms with E-state index in [1.54, 1.807) is 0 Å². The van der Waals surface area contributed by atoms with Crippen molar-refractivity contribution in [2.24, 2.45) is 0 Å². The molecule has 29 heavy (non-hydrogen) atoms. The van der Waals surface area contributed by atoms with Crippen LogP contribution in [0.1, 0.15) is 102 Å². The van der Waals surface area contributed by atoms with Gasteiger partial charge < -0.3 is 10.6 Å². The number of carbonyl (C=O) groups is 1. The van der Waals surface area contributed by atoms with Crippen LogP contribution >= 0.6 is 11.6 Å². The summed E-state index contributed by atoms with van der Waals surface area (Å²) in [5, 5.41) is 5.51. The topological polar surface area (TPSA) is 41.1 Å². The number of carbonyl (C=O) groups excluding carboxylic acids is 1. The van der Waals surface area contributed by atoms with Gasteiger partial charge in [-0.1, -0.05) is 103 Å². The van der Waals surface area contributed by atoms with Crippen molar-refractivity contribution >= 4 is 23.3 Å². The molecule has 0 saturated heterocycles. The van der Waals surface area contributed by atoms with Crippen molar-refractivity contribution in [2.75, 3.05) is 17.7 Å². The van der Waals surface area contributed by atoms with Crippen LogP contribution in [0.4, 0.5) is 10.5 Å².